The van der Waals surface area contributed by atoms with Gasteiger partial charge in [-0.2, -0.15) is 9.71 Å². The first-order chi connectivity index (χ1) is 21.5. The van der Waals surface area contributed by atoms with Gasteiger partial charge < -0.3 is 34.7 Å². The molecule has 3 aliphatic rings. The Kier molecular flexibility index (Phi) is 9.28. The van der Waals surface area contributed by atoms with Crippen LogP contribution >= 0.6 is 0 Å². The Morgan fingerprint density at radius 2 is 1.93 bits per heavy atom. The van der Waals surface area contributed by atoms with Crippen LogP contribution in [0.2, 0.25) is 0 Å². The Hall–Kier alpha value is -4.55. The fraction of sp³-hybridized carbons (Fsp3) is 0.516. The van der Waals surface area contributed by atoms with E-state index in [1.807, 2.05) is 30.0 Å². The Morgan fingerprint density at radius 3 is 2.75 bits per heavy atom. The Morgan fingerprint density at radius 1 is 1.09 bits per heavy atom. The summed E-state index contributed by atoms with van der Waals surface area (Å²) >= 11 is 0. The SMILES string of the molecule is Cc1cnc(On2ccnc2)nc1N1CCN(C(=O)NC2CCCCC2)CC1CC(=O)NCCc1ccc2c(c1)OCCO2. The number of amides is 3. The number of carbonyl (C=O) groups is 2. The van der Waals surface area contributed by atoms with Crippen LogP contribution in [0.25, 0.3) is 0 Å². The molecule has 2 fully saturated rings. The number of imidazole rings is 1. The number of anilines is 1. The first-order valence-corrected chi connectivity index (χ1v) is 15.5. The van der Waals surface area contributed by atoms with Crippen LogP contribution in [-0.2, 0) is 11.2 Å². The zero-order valence-electron chi connectivity index (χ0n) is 25.1. The Balaban J connectivity index is 1.13. The standard InChI is InChI=1S/C31H40N8O5/c1-22-19-34-30(44-38-12-11-32-21-38)36-29(22)39-14-13-37(31(41)35-24-5-3-2-4-6-24)20-25(39)18-28(40)33-10-9-23-7-8-26-27(17-23)43-16-15-42-26/h7-8,11-12,17,19,21,24-25H,2-6,9-10,13-16,18,20H2,1H3,(H,33,40)(H,35,41). The van der Waals surface area contributed by atoms with Gasteiger partial charge in [0, 0.05) is 56.6 Å². The van der Waals surface area contributed by atoms with E-state index in [1.165, 1.54) is 17.5 Å². The van der Waals surface area contributed by atoms with Crippen LogP contribution in [-0.4, -0.2) is 88.0 Å². The number of fused-ring (bicyclic) bond motifs is 1. The molecule has 2 N–H and O–H groups in total. The van der Waals surface area contributed by atoms with Crippen molar-refractivity contribution < 1.29 is 23.9 Å². The molecule has 13 heteroatoms. The summed E-state index contributed by atoms with van der Waals surface area (Å²) in [5.74, 6) is 2.07. The molecule has 0 bridgehead atoms. The molecule has 1 unspecified atom stereocenters. The second-order valence-corrected chi connectivity index (χ2v) is 11.5. The molecule has 1 aliphatic carbocycles. The number of piperazine rings is 1. The molecule has 1 aromatic carbocycles. The maximum absolute atomic E-state index is 13.3. The number of hydrogen-bond donors (Lipinski definition) is 2. The van der Waals surface area contributed by atoms with Gasteiger partial charge in [-0.1, -0.05) is 25.3 Å². The van der Waals surface area contributed by atoms with Crippen molar-refractivity contribution >= 4 is 17.8 Å². The second-order valence-electron chi connectivity index (χ2n) is 11.5. The summed E-state index contributed by atoms with van der Waals surface area (Å²) in [4.78, 5) is 49.3. The summed E-state index contributed by atoms with van der Waals surface area (Å²) in [6, 6.07) is 5.90. The molecule has 2 aliphatic heterocycles. The molecule has 4 heterocycles. The van der Waals surface area contributed by atoms with Crippen LogP contribution in [0.4, 0.5) is 10.6 Å². The summed E-state index contributed by atoms with van der Waals surface area (Å²) in [6.07, 6.45) is 12.9. The molecule has 2 aromatic heterocycles. The van der Waals surface area contributed by atoms with Crippen molar-refractivity contribution in [1.82, 2.24) is 35.2 Å². The minimum atomic E-state index is -0.287. The van der Waals surface area contributed by atoms with Gasteiger partial charge >= 0.3 is 12.0 Å². The van der Waals surface area contributed by atoms with Gasteiger partial charge in [-0.05, 0) is 43.9 Å². The number of hydrogen-bond acceptors (Lipinski definition) is 9. The van der Waals surface area contributed by atoms with Crippen LogP contribution in [0.3, 0.4) is 0 Å². The Labute approximate surface area is 256 Å². The number of nitrogens with zero attached hydrogens (tertiary/aromatic N) is 6. The normalized spacial score (nSPS) is 18.5. The van der Waals surface area contributed by atoms with E-state index in [4.69, 9.17) is 19.3 Å². The van der Waals surface area contributed by atoms with Gasteiger partial charge in [0.1, 0.15) is 25.4 Å². The van der Waals surface area contributed by atoms with Crippen LogP contribution in [0.15, 0.2) is 43.1 Å². The van der Waals surface area contributed by atoms with Gasteiger partial charge in [-0.25, -0.2) is 14.8 Å². The summed E-state index contributed by atoms with van der Waals surface area (Å²) in [6.45, 7) is 4.93. The molecular weight excluding hydrogens is 564 g/mol. The largest absolute Gasteiger partial charge is 0.486 e. The number of aryl methyl sites for hydroxylation is 1. The molecular formula is C31H40N8O5. The summed E-state index contributed by atoms with van der Waals surface area (Å²) in [5.41, 5.74) is 1.91. The highest BCUT2D eigenvalue weighted by molar-refractivity contribution is 5.78. The average molecular weight is 605 g/mol. The number of carbonyl (C=O) groups excluding carboxylic acids is 2. The van der Waals surface area contributed by atoms with Crippen molar-refractivity contribution in [2.24, 2.45) is 0 Å². The fourth-order valence-electron chi connectivity index (χ4n) is 6.03. The maximum atomic E-state index is 13.3. The lowest BCUT2D eigenvalue weighted by molar-refractivity contribution is -0.121. The minimum absolute atomic E-state index is 0.0656. The molecule has 1 saturated carbocycles. The number of ether oxygens (including phenoxy) is 2. The predicted molar refractivity (Wildman–Crippen MR) is 162 cm³/mol. The number of nitrogens with one attached hydrogen (secondary N) is 2. The van der Waals surface area contributed by atoms with Crippen molar-refractivity contribution in [3.8, 4) is 17.5 Å². The first-order valence-electron chi connectivity index (χ1n) is 15.5. The predicted octanol–water partition coefficient (Wildman–Crippen LogP) is 2.88. The quantitative estimate of drug-likeness (QED) is 0.378. The molecule has 44 heavy (non-hydrogen) atoms. The van der Waals surface area contributed by atoms with E-state index in [0.29, 0.717) is 51.6 Å². The fourth-order valence-corrected chi connectivity index (χ4v) is 6.03. The highest BCUT2D eigenvalue weighted by atomic mass is 16.7. The third kappa shape index (κ3) is 7.32. The van der Waals surface area contributed by atoms with E-state index in [1.54, 1.807) is 18.6 Å². The van der Waals surface area contributed by atoms with Crippen molar-refractivity contribution in [1.29, 1.82) is 0 Å². The molecule has 0 radical (unpaired) electrons. The van der Waals surface area contributed by atoms with Crippen LogP contribution in [0, 0.1) is 6.92 Å². The third-order valence-corrected chi connectivity index (χ3v) is 8.33. The molecule has 3 amide bonds. The third-order valence-electron chi connectivity index (χ3n) is 8.33. The maximum Gasteiger partial charge on any atom is 0.345 e. The molecule has 0 spiro atoms. The monoisotopic (exact) mass is 604 g/mol. The lowest BCUT2D eigenvalue weighted by Crippen LogP contribution is -2.59. The van der Waals surface area contributed by atoms with Crippen LogP contribution in [0.5, 0.6) is 17.5 Å². The summed E-state index contributed by atoms with van der Waals surface area (Å²) in [5, 5.41) is 6.30. The number of aromatic nitrogens is 4. The van der Waals surface area contributed by atoms with E-state index in [9.17, 15) is 9.59 Å². The van der Waals surface area contributed by atoms with E-state index in [2.05, 4.69) is 25.5 Å². The van der Waals surface area contributed by atoms with Gasteiger partial charge in [0.15, 0.2) is 11.5 Å². The minimum Gasteiger partial charge on any atom is -0.486 e. The topological polar surface area (TPSA) is 136 Å². The van der Waals surface area contributed by atoms with E-state index < -0.39 is 0 Å². The van der Waals surface area contributed by atoms with Gasteiger partial charge in [-0.15, -0.1) is 0 Å². The van der Waals surface area contributed by atoms with Crippen molar-refractivity contribution in [3.05, 3.63) is 54.2 Å². The first kappa shape index (κ1) is 29.5. The zero-order valence-corrected chi connectivity index (χ0v) is 25.1. The highest BCUT2D eigenvalue weighted by Crippen LogP contribution is 2.31. The average Bonchev–Trinajstić information content (AvgIpc) is 3.55. The van der Waals surface area contributed by atoms with Crippen molar-refractivity contribution in [2.45, 2.75) is 64.0 Å². The summed E-state index contributed by atoms with van der Waals surface area (Å²) < 4.78 is 12.7. The molecule has 13 nitrogen and oxygen atoms in total. The Bertz CT molecular complexity index is 1430. The number of rotatable bonds is 9. The zero-order chi connectivity index (χ0) is 30.3. The van der Waals surface area contributed by atoms with Crippen LogP contribution < -0.4 is 29.8 Å². The van der Waals surface area contributed by atoms with Crippen LogP contribution in [0.1, 0.15) is 49.7 Å². The number of benzene rings is 1. The van der Waals surface area contributed by atoms with Crippen molar-refractivity contribution in [3.63, 3.8) is 0 Å². The molecule has 6 rings (SSSR count). The molecule has 1 saturated heterocycles. The smallest absolute Gasteiger partial charge is 0.345 e. The van der Waals surface area contributed by atoms with Gasteiger partial charge in [0.25, 0.3) is 0 Å². The molecule has 3 aromatic rings. The second kappa shape index (κ2) is 13.8. The lowest BCUT2D eigenvalue weighted by atomic mass is 9.96. The van der Waals surface area contributed by atoms with E-state index >= 15 is 0 Å². The summed E-state index contributed by atoms with van der Waals surface area (Å²) in [7, 11) is 0. The molecule has 234 valence electrons. The molecule has 1 atom stereocenters. The lowest BCUT2D eigenvalue weighted by Gasteiger charge is -2.42. The highest BCUT2D eigenvalue weighted by Gasteiger charge is 2.34. The van der Waals surface area contributed by atoms with Gasteiger partial charge in [-0.3, -0.25) is 4.79 Å². The number of urea groups is 1. The van der Waals surface area contributed by atoms with Crippen molar-refractivity contribution in [2.75, 3.05) is 44.3 Å². The van der Waals surface area contributed by atoms with E-state index in [-0.39, 0.29) is 36.5 Å². The van der Waals surface area contributed by atoms with Gasteiger partial charge in [0.2, 0.25) is 5.91 Å². The van der Waals surface area contributed by atoms with E-state index in [0.717, 1.165) is 48.3 Å². The van der Waals surface area contributed by atoms with Gasteiger partial charge in [0.05, 0.1) is 12.2 Å².